The summed E-state index contributed by atoms with van der Waals surface area (Å²) < 4.78 is 14.1. The van der Waals surface area contributed by atoms with Gasteiger partial charge in [-0.25, -0.2) is 4.39 Å². The first-order valence-corrected chi connectivity index (χ1v) is 4.75. The molecule has 1 aromatic heterocycles. The summed E-state index contributed by atoms with van der Waals surface area (Å²) in [6.45, 7) is 0. The van der Waals surface area contributed by atoms with Crippen LogP contribution in [0.2, 0.25) is 0 Å². The van der Waals surface area contributed by atoms with E-state index in [-0.39, 0.29) is 5.82 Å². The molecule has 0 aliphatic carbocycles. The average molecular weight is 294 g/mol. The van der Waals surface area contributed by atoms with Crippen molar-refractivity contribution in [3.05, 3.63) is 27.0 Å². The van der Waals surface area contributed by atoms with E-state index in [1.807, 2.05) is 0 Å². The molecule has 0 saturated heterocycles. The lowest BCUT2D eigenvalue weighted by Crippen LogP contribution is -1.76. The average Bonchev–Trinajstić information content (AvgIpc) is 2.35. The van der Waals surface area contributed by atoms with Crippen molar-refractivity contribution in [2.24, 2.45) is 0 Å². The van der Waals surface area contributed by atoms with Gasteiger partial charge in [-0.2, -0.15) is 5.10 Å². The number of fused-ring (bicyclic) bond motifs is 1. The molecule has 2 rings (SSSR count). The minimum absolute atomic E-state index is 0.304. The summed E-state index contributed by atoms with van der Waals surface area (Å²) in [7, 11) is 0. The van der Waals surface area contributed by atoms with Crippen LogP contribution in [-0.4, -0.2) is 10.2 Å². The third-order valence-electron chi connectivity index (χ3n) is 1.55. The van der Waals surface area contributed by atoms with E-state index < -0.39 is 0 Å². The number of hydrogen-bond donors (Lipinski definition) is 1. The molecule has 0 radical (unpaired) electrons. The Morgan fingerprint density at radius 1 is 1.33 bits per heavy atom. The minimum atomic E-state index is -0.304. The first-order valence-electron chi connectivity index (χ1n) is 3.17. The summed E-state index contributed by atoms with van der Waals surface area (Å²) in [6.07, 6.45) is 0. The molecule has 0 aliphatic rings. The lowest BCUT2D eigenvalue weighted by atomic mass is 10.2. The third-order valence-corrected chi connectivity index (χ3v) is 2.76. The van der Waals surface area contributed by atoms with Crippen LogP contribution in [0.4, 0.5) is 4.39 Å². The van der Waals surface area contributed by atoms with E-state index in [1.165, 1.54) is 6.07 Å². The molecule has 0 atom stereocenters. The zero-order valence-electron chi connectivity index (χ0n) is 5.74. The predicted molar refractivity (Wildman–Crippen MR) is 51.5 cm³/mol. The highest BCUT2D eigenvalue weighted by atomic mass is 79.9. The molecule has 1 aromatic carbocycles. The van der Waals surface area contributed by atoms with Gasteiger partial charge < -0.3 is 0 Å². The van der Waals surface area contributed by atoms with Crippen LogP contribution < -0.4 is 0 Å². The highest BCUT2D eigenvalue weighted by Crippen LogP contribution is 2.26. The maximum Gasteiger partial charge on any atom is 0.139 e. The second-order valence-electron chi connectivity index (χ2n) is 2.32. The fourth-order valence-electron chi connectivity index (χ4n) is 0.974. The number of nitrogens with zero attached hydrogens (tertiary/aromatic N) is 1. The summed E-state index contributed by atoms with van der Waals surface area (Å²) >= 11 is 6.36. The Kier molecular flexibility index (Phi) is 1.92. The summed E-state index contributed by atoms with van der Waals surface area (Å²) in [5.41, 5.74) is 0.613. The molecule has 0 aliphatic heterocycles. The summed E-state index contributed by atoms with van der Waals surface area (Å²) in [5, 5.41) is 7.46. The fraction of sp³-hybridized carbons (Fsp3) is 0. The van der Waals surface area contributed by atoms with Crippen molar-refractivity contribution in [3.63, 3.8) is 0 Å². The minimum Gasteiger partial charge on any atom is -0.270 e. The molecule has 2 aromatic rings. The van der Waals surface area contributed by atoms with Gasteiger partial charge >= 0.3 is 0 Å². The highest BCUT2D eigenvalue weighted by molar-refractivity contribution is 9.11. The van der Waals surface area contributed by atoms with Crippen LogP contribution >= 0.6 is 31.9 Å². The van der Waals surface area contributed by atoms with Crippen molar-refractivity contribution in [2.75, 3.05) is 0 Å². The van der Waals surface area contributed by atoms with E-state index in [1.54, 1.807) is 6.07 Å². The van der Waals surface area contributed by atoms with Gasteiger partial charge in [-0.15, -0.1) is 0 Å². The summed E-state index contributed by atoms with van der Waals surface area (Å²) in [6, 6.07) is 3.05. The van der Waals surface area contributed by atoms with Gasteiger partial charge in [0, 0.05) is 11.5 Å². The monoisotopic (exact) mass is 292 g/mol. The van der Waals surface area contributed by atoms with Gasteiger partial charge in [-0.05, 0) is 37.9 Å². The standard InChI is InChI=1S/C7H3Br2FN2/c8-4-1-3-6(2-5(4)10)11-12-7(3)9/h1-2H,(H,11,12). The lowest BCUT2D eigenvalue weighted by Gasteiger charge is -1.92. The maximum atomic E-state index is 12.9. The molecule has 0 saturated carbocycles. The van der Waals surface area contributed by atoms with Gasteiger partial charge in [0.05, 0.1) is 9.99 Å². The summed E-state index contributed by atoms with van der Waals surface area (Å²) in [4.78, 5) is 0. The lowest BCUT2D eigenvalue weighted by molar-refractivity contribution is 0.623. The number of nitrogens with one attached hydrogen (secondary N) is 1. The van der Waals surface area contributed by atoms with E-state index in [0.717, 1.165) is 9.99 Å². The van der Waals surface area contributed by atoms with E-state index in [2.05, 4.69) is 42.1 Å². The number of rotatable bonds is 0. The molecule has 0 amide bonds. The van der Waals surface area contributed by atoms with Crippen LogP contribution in [-0.2, 0) is 0 Å². The van der Waals surface area contributed by atoms with Crippen LogP contribution in [0, 0.1) is 5.82 Å². The molecular weight excluding hydrogens is 291 g/mol. The molecule has 5 heteroatoms. The Balaban J connectivity index is 2.87. The highest BCUT2D eigenvalue weighted by Gasteiger charge is 2.06. The van der Waals surface area contributed by atoms with E-state index in [0.29, 0.717) is 9.99 Å². The van der Waals surface area contributed by atoms with Gasteiger partial charge in [0.25, 0.3) is 0 Å². The summed E-state index contributed by atoms with van der Waals surface area (Å²) in [5.74, 6) is -0.304. The molecule has 1 N–H and O–H groups in total. The van der Waals surface area contributed by atoms with Crippen molar-refractivity contribution < 1.29 is 4.39 Å². The normalized spacial score (nSPS) is 10.9. The number of hydrogen-bond acceptors (Lipinski definition) is 1. The van der Waals surface area contributed by atoms with E-state index in [9.17, 15) is 4.39 Å². The first-order chi connectivity index (χ1) is 5.68. The van der Waals surface area contributed by atoms with E-state index in [4.69, 9.17) is 0 Å². The van der Waals surface area contributed by atoms with Crippen molar-refractivity contribution in [3.8, 4) is 0 Å². The molecular formula is C7H3Br2FN2. The van der Waals surface area contributed by atoms with Crippen LogP contribution in [0.15, 0.2) is 21.2 Å². The van der Waals surface area contributed by atoms with Crippen molar-refractivity contribution in [2.45, 2.75) is 0 Å². The number of benzene rings is 1. The van der Waals surface area contributed by atoms with Crippen LogP contribution in [0.1, 0.15) is 0 Å². The topological polar surface area (TPSA) is 28.7 Å². The van der Waals surface area contributed by atoms with Gasteiger partial charge in [0.1, 0.15) is 10.4 Å². The molecule has 0 unspecified atom stereocenters. The molecule has 12 heavy (non-hydrogen) atoms. The largest absolute Gasteiger partial charge is 0.270 e. The molecule has 62 valence electrons. The smallest absolute Gasteiger partial charge is 0.139 e. The first kappa shape index (κ1) is 8.19. The van der Waals surface area contributed by atoms with Crippen LogP contribution in [0.25, 0.3) is 10.9 Å². The second kappa shape index (κ2) is 2.81. The van der Waals surface area contributed by atoms with Crippen LogP contribution in [0.3, 0.4) is 0 Å². The Bertz CT molecular complexity index is 438. The Morgan fingerprint density at radius 3 is 2.83 bits per heavy atom. The zero-order valence-corrected chi connectivity index (χ0v) is 8.91. The third kappa shape index (κ3) is 1.17. The SMILES string of the molecule is Fc1cc2n[nH]c(Br)c2cc1Br. The van der Waals surface area contributed by atoms with Crippen molar-refractivity contribution >= 4 is 42.8 Å². The van der Waals surface area contributed by atoms with Gasteiger partial charge in [-0.1, -0.05) is 0 Å². The van der Waals surface area contributed by atoms with E-state index >= 15 is 0 Å². The zero-order chi connectivity index (χ0) is 8.72. The number of H-pyrrole nitrogens is 1. The quantitative estimate of drug-likeness (QED) is 0.794. The number of aromatic nitrogens is 2. The van der Waals surface area contributed by atoms with Gasteiger partial charge in [0.2, 0.25) is 0 Å². The molecule has 2 nitrogen and oxygen atoms in total. The number of halogens is 3. The van der Waals surface area contributed by atoms with Crippen molar-refractivity contribution in [1.82, 2.24) is 10.2 Å². The molecule has 1 heterocycles. The second-order valence-corrected chi connectivity index (χ2v) is 3.97. The molecule has 0 bridgehead atoms. The van der Waals surface area contributed by atoms with Gasteiger partial charge in [0.15, 0.2) is 0 Å². The Labute approximate surface area is 84.4 Å². The van der Waals surface area contributed by atoms with Gasteiger partial charge in [-0.3, -0.25) is 5.10 Å². The Morgan fingerprint density at radius 2 is 2.08 bits per heavy atom. The molecule has 0 fully saturated rings. The predicted octanol–water partition coefficient (Wildman–Crippen LogP) is 3.23. The fourth-order valence-corrected chi connectivity index (χ4v) is 1.72. The van der Waals surface area contributed by atoms with Crippen LogP contribution in [0.5, 0.6) is 0 Å². The molecule has 0 spiro atoms. The Hall–Kier alpha value is -0.420. The van der Waals surface area contributed by atoms with Crippen molar-refractivity contribution in [1.29, 1.82) is 0 Å². The maximum absolute atomic E-state index is 12.9. The number of aromatic amines is 1.